The summed E-state index contributed by atoms with van der Waals surface area (Å²) in [6.07, 6.45) is 4.52. The number of nitrogens with zero attached hydrogens (tertiary/aromatic N) is 2. The van der Waals surface area contributed by atoms with Gasteiger partial charge in [0.15, 0.2) is 0 Å². The van der Waals surface area contributed by atoms with Crippen LogP contribution >= 0.6 is 0 Å². The number of fused-ring (bicyclic) bond motifs is 1. The van der Waals surface area contributed by atoms with E-state index in [9.17, 15) is 8.42 Å². The van der Waals surface area contributed by atoms with E-state index in [-0.39, 0.29) is 5.75 Å². The van der Waals surface area contributed by atoms with Gasteiger partial charge in [-0.15, -0.1) is 0 Å². The van der Waals surface area contributed by atoms with Crippen LogP contribution in [0.4, 0.5) is 0 Å². The number of piperidine rings is 1. The average molecular weight is 353 g/mol. The van der Waals surface area contributed by atoms with Gasteiger partial charge in [0.25, 0.3) is 0 Å². The number of likely N-dealkylation sites (tertiary alicyclic amines) is 1. The van der Waals surface area contributed by atoms with Crippen LogP contribution < -0.4 is 4.74 Å². The monoisotopic (exact) mass is 352 g/mol. The van der Waals surface area contributed by atoms with Gasteiger partial charge in [-0.1, -0.05) is 19.4 Å². The molecule has 0 saturated carbocycles. The number of sulfonamides is 1. The average Bonchev–Trinajstić information content (AvgIpc) is 2.78. The summed E-state index contributed by atoms with van der Waals surface area (Å²) in [5, 5.41) is 0. The molecule has 0 amide bonds. The minimum absolute atomic E-state index is 0.204. The highest BCUT2D eigenvalue weighted by molar-refractivity contribution is 7.89. The summed E-state index contributed by atoms with van der Waals surface area (Å²) >= 11 is 0. The topological polar surface area (TPSA) is 49.9 Å². The first kappa shape index (κ1) is 17.7. The molecule has 1 saturated heterocycles. The Balaban J connectivity index is 1.76. The first-order valence-electron chi connectivity index (χ1n) is 9.03. The first-order valence-corrected chi connectivity index (χ1v) is 10.6. The summed E-state index contributed by atoms with van der Waals surface area (Å²) in [5.74, 6) is 1.03. The molecule has 1 aromatic carbocycles. The third kappa shape index (κ3) is 4.29. The lowest BCUT2D eigenvalue weighted by molar-refractivity contribution is 0.221. The van der Waals surface area contributed by atoms with Gasteiger partial charge in [0, 0.05) is 25.2 Å². The molecule has 0 atom stereocenters. The molecule has 5 nitrogen and oxygen atoms in total. The van der Waals surface area contributed by atoms with Crippen molar-refractivity contribution in [2.45, 2.75) is 45.7 Å². The fourth-order valence-corrected chi connectivity index (χ4v) is 4.98. The zero-order valence-corrected chi connectivity index (χ0v) is 15.4. The van der Waals surface area contributed by atoms with Gasteiger partial charge in [0.1, 0.15) is 12.4 Å². The van der Waals surface area contributed by atoms with Crippen LogP contribution in [0.5, 0.6) is 5.75 Å². The molecule has 24 heavy (non-hydrogen) atoms. The molecular weight excluding hydrogens is 324 g/mol. The van der Waals surface area contributed by atoms with Crippen LogP contribution in [-0.4, -0.2) is 49.6 Å². The zero-order valence-electron chi connectivity index (χ0n) is 14.5. The molecule has 134 valence electrons. The molecular formula is C18H28N2O3S. The van der Waals surface area contributed by atoms with Crippen molar-refractivity contribution in [1.82, 2.24) is 9.21 Å². The Kier molecular flexibility index (Phi) is 5.79. The van der Waals surface area contributed by atoms with Crippen molar-refractivity contribution in [3.05, 3.63) is 29.3 Å². The van der Waals surface area contributed by atoms with Crippen molar-refractivity contribution in [2.75, 3.05) is 32.0 Å². The minimum atomic E-state index is -3.20. The Morgan fingerprint density at radius 2 is 1.92 bits per heavy atom. The van der Waals surface area contributed by atoms with Gasteiger partial charge >= 0.3 is 0 Å². The summed E-state index contributed by atoms with van der Waals surface area (Å²) < 4.78 is 32.2. The molecule has 1 aromatic rings. The summed E-state index contributed by atoms with van der Waals surface area (Å²) in [7, 11) is -3.20. The van der Waals surface area contributed by atoms with E-state index in [1.54, 1.807) is 4.31 Å². The van der Waals surface area contributed by atoms with Crippen molar-refractivity contribution in [1.29, 1.82) is 0 Å². The highest BCUT2D eigenvalue weighted by Gasteiger charge is 2.25. The minimum Gasteiger partial charge on any atom is -0.492 e. The van der Waals surface area contributed by atoms with Crippen molar-refractivity contribution >= 4 is 10.0 Å². The molecule has 0 aromatic heterocycles. The number of rotatable bonds is 5. The summed E-state index contributed by atoms with van der Waals surface area (Å²) in [5.41, 5.74) is 2.23. The molecule has 0 unspecified atom stereocenters. The molecule has 2 aliphatic rings. The van der Waals surface area contributed by atoms with E-state index in [2.05, 4.69) is 17.0 Å². The maximum Gasteiger partial charge on any atom is 0.214 e. The van der Waals surface area contributed by atoms with Gasteiger partial charge in [-0.3, -0.25) is 4.90 Å². The number of ether oxygens (including phenoxy) is 1. The molecule has 0 spiro atoms. The van der Waals surface area contributed by atoms with E-state index in [1.165, 1.54) is 24.8 Å². The third-order valence-corrected chi connectivity index (χ3v) is 6.80. The van der Waals surface area contributed by atoms with Gasteiger partial charge in [-0.2, -0.15) is 4.31 Å². The molecule has 2 heterocycles. The van der Waals surface area contributed by atoms with Gasteiger partial charge < -0.3 is 4.74 Å². The van der Waals surface area contributed by atoms with Crippen molar-refractivity contribution < 1.29 is 13.2 Å². The second kappa shape index (κ2) is 7.85. The molecule has 1 fully saturated rings. The number of hydrogen-bond donors (Lipinski definition) is 0. The van der Waals surface area contributed by atoms with Gasteiger partial charge in [-0.25, -0.2) is 8.42 Å². The van der Waals surface area contributed by atoms with Gasteiger partial charge in [0.2, 0.25) is 10.0 Å². The van der Waals surface area contributed by atoms with Crippen molar-refractivity contribution in [2.24, 2.45) is 0 Å². The molecule has 2 aliphatic heterocycles. The lowest BCUT2D eigenvalue weighted by Gasteiger charge is -2.26. The standard InChI is InChI=1S/C18H28N2O3S/c1-2-12-24(21,22)20-10-11-23-18-7-6-16(13-17(18)15-20)14-19-8-4-3-5-9-19/h6-7,13H,2-5,8-12,14-15H2,1H3. The fraction of sp³-hybridized carbons (Fsp3) is 0.667. The lowest BCUT2D eigenvalue weighted by Crippen LogP contribution is -2.34. The summed E-state index contributed by atoms with van der Waals surface area (Å²) in [6.45, 7) is 6.42. The second-order valence-electron chi connectivity index (χ2n) is 6.78. The second-order valence-corrected chi connectivity index (χ2v) is 8.87. The molecule has 0 N–H and O–H groups in total. The largest absolute Gasteiger partial charge is 0.492 e. The maximum atomic E-state index is 12.4. The van der Waals surface area contributed by atoms with Crippen LogP contribution in [-0.2, 0) is 23.1 Å². The summed E-state index contributed by atoms with van der Waals surface area (Å²) in [4.78, 5) is 2.48. The molecule has 0 bridgehead atoms. The van der Waals surface area contributed by atoms with Crippen LogP contribution in [0.2, 0.25) is 0 Å². The molecule has 3 rings (SSSR count). The van der Waals surface area contributed by atoms with Crippen LogP contribution in [0.15, 0.2) is 18.2 Å². The Bertz CT molecular complexity index is 654. The van der Waals surface area contributed by atoms with E-state index in [1.807, 2.05) is 13.0 Å². The normalized spacial score (nSPS) is 20.2. The molecule has 0 aliphatic carbocycles. The predicted octanol–water partition coefficient (Wildman–Crippen LogP) is 2.61. The predicted molar refractivity (Wildman–Crippen MR) is 95.6 cm³/mol. The number of benzene rings is 1. The fourth-order valence-electron chi connectivity index (χ4n) is 3.52. The Morgan fingerprint density at radius 1 is 1.12 bits per heavy atom. The first-order chi connectivity index (χ1) is 11.6. The van der Waals surface area contributed by atoms with E-state index in [4.69, 9.17) is 4.74 Å². The third-order valence-electron chi connectivity index (χ3n) is 4.78. The SMILES string of the molecule is CCCS(=O)(=O)N1CCOc2ccc(CN3CCCCC3)cc2C1. The van der Waals surface area contributed by atoms with Crippen LogP contribution in [0.3, 0.4) is 0 Å². The Morgan fingerprint density at radius 3 is 2.67 bits per heavy atom. The molecule has 0 radical (unpaired) electrons. The lowest BCUT2D eigenvalue weighted by atomic mass is 10.1. The zero-order chi connectivity index (χ0) is 17.0. The van der Waals surface area contributed by atoms with E-state index >= 15 is 0 Å². The number of hydrogen-bond acceptors (Lipinski definition) is 4. The van der Waals surface area contributed by atoms with Crippen LogP contribution in [0, 0.1) is 0 Å². The van der Waals surface area contributed by atoms with Gasteiger partial charge in [-0.05, 0) is 50.0 Å². The quantitative estimate of drug-likeness (QED) is 0.817. The highest BCUT2D eigenvalue weighted by Crippen LogP contribution is 2.27. The van der Waals surface area contributed by atoms with Gasteiger partial charge in [0.05, 0.1) is 5.75 Å². The van der Waals surface area contributed by atoms with E-state index in [0.717, 1.165) is 30.9 Å². The van der Waals surface area contributed by atoms with Crippen LogP contribution in [0.25, 0.3) is 0 Å². The Labute approximate surface area is 145 Å². The maximum absolute atomic E-state index is 12.4. The summed E-state index contributed by atoms with van der Waals surface area (Å²) in [6, 6.07) is 6.25. The Hall–Kier alpha value is -1.11. The van der Waals surface area contributed by atoms with E-state index in [0.29, 0.717) is 26.1 Å². The van der Waals surface area contributed by atoms with Crippen molar-refractivity contribution in [3.8, 4) is 5.75 Å². The smallest absolute Gasteiger partial charge is 0.214 e. The van der Waals surface area contributed by atoms with Crippen LogP contribution in [0.1, 0.15) is 43.7 Å². The molecule has 6 heteroatoms. The van der Waals surface area contributed by atoms with Crippen molar-refractivity contribution in [3.63, 3.8) is 0 Å². The highest BCUT2D eigenvalue weighted by atomic mass is 32.2. The van der Waals surface area contributed by atoms with E-state index < -0.39 is 10.0 Å².